The van der Waals surface area contributed by atoms with Crippen LogP contribution in [0.1, 0.15) is 54.4 Å². The van der Waals surface area contributed by atoms with E-state index < -0.39 is 77.6 Å². The van der Waals surface area contributed by atoms with E-state index in [1.807, 2.05) is 19.9 Å². The molecule has 5 unspecified atom stereocenters. The molecule has 6 heterocycles. The molecule has 9 rings (SSSR count). The van der Waals surface area contributed by atoms with Crippen LogP contribution in [0, 0.1) is 39.3 Å². The van der Waals surface area contributed by atoms with Crippen molar-refractivity contribution in [1.29, 1.82) is 0 Å². The zero-order valence-corrected chi connectivity index (χ0v) is 39.1. The lowest BCUT2D eigenvalue weighted by molar-refractivity contribution is -0.331. The largest absolute Gasteiger partial charge is 0.474 e. The number of piperidine rings is 2. The van der Waals surface area contributed by atoms with Gasteiger partial charge in [-0.25, -0.2) is 33.5 Å². The molecule has 2 aromatic heterocycles. The van der Waals surface area contributed by atoms with Crippen molar-refractivity contribution in [3.8, 4) is 11.8 Å². The lowest BCUT2D eigenvalue weighted by atomic mass is 9.85. The van der Waals surface area contributed by atoms with Gasteiger partial charge in [0.15, 0.2) is 6.10 Å². The molecule has 1 amide bonds. The number of nitrogens with zero attached hydrogens (tertiary/aromatic N) is 5. The van der Waals surface area contributed by atoms with Gasteiger partial charge in [0.2, 0.25) is 11.8 Å². The average molecular weight is 1020 g/mol. The monoisotopic (exact) mass is 1010 g/mol. The summed E-state index contributed by atoms with van der Waals surface area (Å²) in [6.07, 6.45) is 0.285. The maximum Gasteiger partial charge on any atom is 0.410 e. The Morgan fingerprint density at radius 1 is 0.696 bits per heavy atom. The molecule has 4 bridgehead atoms. The number of hydrogen-bond donors (Lipinski definition) is 3. The number of fused-ring (bicyclic) bond motifs is 4. The molecule has 0 radical (unpaired) electrons. The maximum atomic E-state index is 14.3. The van der Waals surface area contributed by atoms with Crippen LogP contribution >= 0.6 is 0 Å². The van der Waals surface area contributed by atoms with Crippen LogP contribution < -0.4 is 25.4 Å². The van der Waals surface area contributed by atoms with Gasteiger partial charge in [0.25, 0.3) is 0 Å². The summed E-state index contributed by atoms with van der Waals surface area (Å²) in [7, 11) is 0. The number of amides is 1. The average Bonchev–Trinajstić information content (AvgIpc) is 3.28. The molecule has 4 saturated heterocycles. The van der Waals surface area contributed by atoms with Crippen molar-refractivity contribution < 1.29 is 71.7 Å². The van der Waals surface area contributed by atoms with E-state index in [2.05, 4.69) is 35.9 Å². The molecule has 1 aliphatic carbocycles. The summed E-state index contributed by atoms with van der Waals surface area (Å²) < 4.78 is 143. The second kappa shape index (κ2) is 23.2. The second-order valence-electron chi connectivity index (χ2n) is 16.8. The van der Waals surface area contributed by atoms with Crippen LogP contribution in [0.2, 0.25) is 0 Å². The molecule has 0 spiro atoms. The van der Waals surface area contributed by atoms with E-state index in [9.17, 15) is 31.1 Å². The van der Waals surface area contributed by atoms with Crippen LogP contribution in [0.15, 0.2) is 49.1 Å². The number of benzene rings is 2. The molecule has 69 heavy (non-hydrogen) atoms. The van der Waals surface area contributed by atoms with E-state index in [-0.39, 0.29) is 49.5 Å². The number of carbonyl (C=O) groups is 1. The lowest BCUT2D eigenvalue weighted by Gasteiger charge is -2.49. The Morgan fingerprint density at radius 3 is 1.55 bits per heavy atom. The van der Waals surface area contributed by atoms with Crippen LogP contribution in [-0.2, 0) is 37.4 Å². The molecule has 18 nitrogen and oxygen atoms in total. The number of alkyl halides is 4. The predicted molar refractivity (Wildman–Crippen MR) is 234 cm³/mol. The number of halogens is 6. The number of aryl methyl sites for hydroxylation is 2. The Balaban J connectivity index is 0.000000213. The maximum absolute atomic E-state index is 14.3. The fraction of sp³-hybridized carbons (Fsp3) is 0.512. The Kier molecular flexibility index (Phi) is 17.7. The molecule has 5 fully saturated rings. The highest BCUT2D eigenvalue weighted by Crippen LogP contribution is 2.53. The molecular formula is C43H48F6N8O10S2. The normalized spacial score (nSPS) is 24.6. The van der Waals surface area contributed by atoms with Crippen molar-refractivity contribution in [2.24, 2.45) is 0 Å². The highest BCUT2D eigenvalue weighted by Gasteiger charge is 2.74. The first-order valence-electron chi connectivity index (χ1n) is 21.4. The van der Waals surface area contributed by atoms with Gasteiger partial charge in [-0.05, 0) is 63.1 Å². The van der Waals surface area contributed by atoms with E-state index in [1.54, 1.807) is 32.0 Å². The van der Waals surface area contributed by atoms with Crippen molar-refractivity contribution in [3.05, 3.63) is 82.9 Å². The fourth-order valence-corrected chi connectivity index (χ4v) is 8.41. The van der Waals surface area contributed by atoms with Crippen LogP contribution in [0.5, 0.6) is 11.8 Å². The van der Waals surface area contributed by atoms with Gasteiger partial charge < -0.3 is 39.6 Å². The Bertz CT molecular complexity index is 2490. The topological polar surface area (TPSA) is 222 Å². The molecule has 374 valence electrons. The first-order chi connectivity index (χ1) is 32.9. The molecule has 2 aromatic carbocycles. The van der Waals surface area contributed by atoms with E-state index in [0.29, 0.717) is 40.9 Å². The van der Waals surface area contributed by atoms with Crippen molar-refractivity contribution in [2.75, 3.05) is 37.1 Å². The summed E-state index contributed by atoms with van der Waals surface area (Å²) in [4.78, 5) is 30.9. The number of hydrogen-bond acceptors (Lipinski definition) is 17. The fourth-order valence-electron chi connectivity index (χ4n) is 8.41. The Hall–Kier alpha value is -5.83. The number of carbonyl (C=O) groups excluding carboxylic acids is 1. The van der Waals surface area contributed by atoms with Crippen LogP contribution in [0.3, 0.4) is 0 Å². The summed E-state index contributed by atoms with van der Waals surface area (Å²) in [6, 6.07) is 9.36. The van der Waals surface area contributed by atoms with E-state index in [1.165, 1.54) is 29.7 Å². The zero-order valence-electron chi connectivity index (χ0n) is 37.4. The summed E-state index contributed by atoms with van der Waals surface area (Å²) in [5.41, 5.74) is 3.59. The van der Waals surface area contributed by atoms with E-state index in [0.717, 1.165) is 42.7 Å². The van der Waals surface area contributed by atoms with Crippen LogP contribution in [0.25, 0.3) is 0 Å². The molecule has 1 saturated carbocycles. The van der Waals surface area contributed by atoms with Crippen LogP contribution in [0.4, 0.5) is 54.1 Å². The molecule has 5 aliphatic rings. The highest BCUT2D eigenvalue weighted by molar-refractivity contribution is 7.51. The number of rotatable bonds is 9. The summed E-state index contributed by atoms with van der Waals surface area (Å²) in [5.74, 6) is -7.61. The SMILES string of the molecule is Cc1ccc(Nc2ncnc(OC3CC4COCC(C3)N4)c2C)c(F)c1.Cc1ccc(Nc2ncnc(OC3CC4COCC(C3)N4C(=O)OC3CC(F)(F)C3(F)F)c2C)c(F)c1.O=S=O.O=S=O. The van der Waals surface area contributed by atoms with Gasteiger partial charge >= 0.3 is 41.1 Å². The minimum atomic E-state index is -4.40. The molecule has 4 aliphatic heterocycles. The van der Waals surface area contributed by atoms with Crippen molar-refractivity contribution in [3.63, 3.8) is 0 Å². The van der Waals surface area contributed by atoms with E-state index in [4.69, 9.17) is 40.5 Å². The standard InChI is InChI=1S/C24H25F5N4O4.C19H23FN4O2.2O2S/c1-12-3-4-18(17(25)5-12)32-20-13(2)21(31-11-30-20)36-16-6-14-9-35-10-15(7-16)33(14)22(34)37-19-8-23(26,27)24(19,28)29;1-11-3-4-17(16(20)5-11)24-18-12(2)19(22-10-21-18)26-15-6-13-8-25-9-14(7-15)23-13;2*1-3-2/h3-5,11,14-16,19H,6-10H2,1-2H3,(H,30,31,32);3-5,10,13-15,23H,6-9H2,1-2H3,(H,21,22,24);;. The number of aromatic nitrogens is 4. The summed E-state index contributed by atoms with van der Waals surface area (Å²) in [6.45, 7) is 8.91. The van der Waals surface area contributed by atoms with Gasteiger partial charge in [0.1, 0.15) is 48.1 Å². The third-order valence-electron chi connectivity index (χ3n) is 11.9. The summed E-state index contributed by atoms with van der Waals surface area (Å²) in [5, 5.41) is 9.53. The quantitative estimate of drug-likeness (QED) is 0.157. The van der Waals surface area contributed by atoms with Gasteiger partial charge in [-0.15, -0.1) is 0 Å². The predicted octanol–water partition coefficient (Wildman–Crippen LogP) is 6.30. The Morgan fingerprint density at radius 2 is 1.13 bits per heavy atom. The molecule has 26 heteroatoms. The first kappa shape index (κ1) is 52.5. The van der Waals surface area contributed by atoms with Crippen LogP contribution in [-0.4, -0.2) is 129 Å². The molecular weight excluding hydrogens is 967 g/mol. The van der Waals surface area contributed by atoms with Crippen molar-refractivity contribution in [2.45, 2.75) is 114 Å². The smallest absolute Gasteiger partial charge is 0.410 e. The number of nitrogens with one attached hydrogen (secondary N) is 3. The van der Waals surface area contributed by atoms with Crippen molar-refractivity contribution in [1.82, 2.24) is 30.2 Å². The van der Waals surface area contributed by atoms with Gasteiger partial charge in [0, 0.05) is 37.8 Å². The number of morpholine rings is 2. The minimum absolute atomic E-state index is 0.0905. The van der Waals surface area contributed by atoms with Gasteiger partial charge in [-0.3, -0.25) is 4.90 Å². The molecule has 4 aromatic rings. The van der Waals surface area contributed by atoms with Gasteiger partial charge in [0.05, 0.1) is 67.4 Å². The van der Waals surface area contributed by atoms with Gasteiger partial charge in [-0.2, -0.15) is 34.4 Å². The Labute approximate surface area is 398 Å². The third kappa shape index (κ3) is 12.9. The summed E-state index contributed by atoms with van der Waals surface area (Å²) >= 11 is -1.50. The lowest BCUT2D eigenvalue weighted by Crippen LogP contribution is -2.66. The van der Waals surface area contributed by atoms with E-state index >= 15 is 0 Å². The number of anilines is 4. The second-order valence-corrected chi connectivity index (χ2v) is 17.1. The zero-order chi connectivity index (χ0) is 50.0. The number of ether oxygens (including phenoxy) is 5. The van der Waals surface area contributed by atoms with Crippen molar-refractivity contribution >= 4 is 52.2 Å². The highest BCUT2D eigenvalue weighted by atomic mass is 32.1. The first-order valence-corrected chi connectivity index (χ1v) is 22.7. The van der Waals surface area contributed by atoms with Gasteiger partial charge in [-0.1, -0.05) is 12.1 Å². The third-order valence-corrected chi connectivity index (χ3v) is 11.9. The minimum Gasteiger partial charge on any atom is -0.474 e. The molecule has 3 N–H and O–H groups in total. The molecule has 5 atom stereocenters.